The van der Waals surface area contributed by atoms with Crippen molar-refractivity contribution in [1.82, 2.24) is 9.88 Å². The van der Waals surface area contributed by atoms with E-state index in [1.807, 2.05) is 0 Å². The van der Waals surface area contributed by atoms with Crippen LogP contribution in [0, 0.1) is 5.82 Å². The van der Waals surface area contributed by atoms with Gasteiger partial charge in [0.2, 0.25) is 0 Å². The maximum Gasteiger partial charge on any atom is 0.425 e. The molecule has 2 atom stereocenters. The maximum atomic E-state index is 15.4. The first-order valence-electron chi connectivity index (χ1n) is 10.3. The van der Waals surface area contributed by atoms with Crippen molar-refractivity contribution in [1.29, 1.82) is 0 Å². The Balaban J connectivity index is 2.22. The summed E-state index contributed by atoms with van der Waals surface area (Å²) in [6, 6.07) is 9.09. The van der Waals surface area contributed by atoms with Gasteiger partial charge in [0.05, 0.1) is 0 Å². The molecule has 7 nitrogen and oxygen atoms in total. The molecule has 182 valence electrons. The molecule has 0 N–H and O–H groups in total. The van der Waals surface area contributed by atoms with Crippen molar-refractivity contribution in [3.05, 3.63) is 64.1 Å². The summed E-state index contributed by atoms with van der Waals surface area (Å²) in [5.41, 5.74) is -4.28. The van der Waals surface area contributed by atoms with Crippen LogP contribution >= 0.6 is 15.9 Å². The Labute approximate surface area is 203 Å². The Kier molecular flexibility index (Phi) is 6.80. The summed E-state index contributed by atoms with van der Waals surface area (Å²) < 4.78 is 56.2. The number of carbonyl (C=O) groups is 2. The highest BCUT2D eigenvalue weighted by atomic mass is 79.9. The molecule has 0 bridgehead atoms. The third-order valence-corrected chi connectivity index (χ3v) is 5.47. The molecule has 2 amide bonds. The molecule has 0 aliphatic carbocycles. The number of amides is 2. The van der Waals surface area contributed by atoms with E-state index in [0.29, 0.717) is 4.90 Å². The summed E-state index contributed by atoms with van der Waals surface area (Å²) in [4.78, 5) is 34.6. The van der Waals surface area contributed by atoms with Gasteiger partial charge in [0, 0.05) is 5.56 Å². The number of aliphatic imine (C=N–C) groups is 1. The molecule has 1 aliphatic rings. The van der Waals surface area contributed by atoms with Crippen LogP contribution in [0.1, 0.15) is 50.7 Å². The van der Waals surface area contributed by atoms with E-state index in [2.05, 4.69) is 25.9 Å². The zero-order valence-corrected chi connectivity index (χ0v) is 20.7. The van der Waals surface area contributed by atoms with Crippen LogP contribution in [0.4, 0.5) is 18.0 Å². The van der Waals surface area contributed by atoms with Gasteiger partial charge in [-0.3, -0.25) is 4.79 Å². The third-order valence-electron chi connectivity index (χ3n) is 5.03. The molecule has 3 rings (SSSR count). The van der Waals surface area contributed by atoms with Crippen LogP contribution in [0.5, 0.6) is 0 Å². The average molecular weight is 542 g/mol. The molecule has 34 heavy (non-hydrogen) atoms. The van der Waals surface area contributed by atoms with Gasteiger partial charge in [-0.1, -0.05) is 18.2 Å². The number of imide groups is 1. The average Bonchev–Trinajstić information content (AvgIpc) is 2.73. The van der Waals surface area contributed by atoms with Gasteiger partial charge in [-0.2, -0.15) is 13.7 Å². The Morgan fingerprint density at radius 3 is 2.35 bits per heavy atom. The van der Waals surface area contributed by atoms with E-state index in [9.17, 15) is 14.0 Å². The molecular formula is C23H23BrF3N3O4. The molecule has 1 aliphatic heterocycles. The number of aromatic nitrogens is 1. The van der Waals surface area contributed by atoms with E-state index >= 15 is 8.78 Å². The van der Waals surface area contributed by atoms with Gasteiger partial charge >= 0.3 is 18.0 Å². The monoisotopic (exact) mass is 541 g/mol. The van der Waals surface area contributed by atoms with Crippen LogP contribution in [-0.4, -0.2) is 45.5 Å². The standard InChI is InChI=1S/C23H23BrF3N3O4/c1-13-23(26,27)22(5,17-15(25)11-12-16(24)28-17)29-19(33-13)30(20(32)34-21(2,3)4)18(31)14-9-7-6-8-10-14/h6-13H,1-5H3/t13-,22+/m0/s1. The number of pyridine rings is 1. The molecule has 0 saturated heterocycles. The Hall–Kier alpha value is -2.95. The molecule has 2 heterocycles. The molecule has 0 radical (unpaired) electrons. The minimum Gasteiger partial charge on any atom is -0.455 e. The number of ether oxygens (including phenoxy) is 2. The smallest absolute Gasteiger partial charge is 0.425 e. The molecule has 0 unspecified atom stereocenters. The van der Waals surface area contributed by atoms with Crippen LogP contribution in [0.2, 0.25) is 0 Å². The van der Waals surface area contributed by atoms with Crippen molar-refractivity contribution in [2.75, 3.05) is 0 Å². The van der Waals surface area contributed by atoms with Gasteiger partial charge < -0.3 is 9.47 Å². The number of rotatable bonds is 2. The van der Waals surface area contributed by atoms with E-state index in [-0.39, 0.29) is 10.2 Å². The van der Waals surface area contributed by atoms with E-state index in [0.717, 1.165) is 19.9 Å². The highest BCUT2D eigenvalue weighted by Gasteiger charge is 2.62. The molecule has 0 saturated carbocycles. The fourth-order valence-electron chi connectivity index (χ4n) is 3.26. The number of halogens is 4. The zero-order chi connectivity index (χ0) is 25.5. The summed E-state index contributed by atoms with van der Waals surface area (Å²) in [6.07, 6.45) is -3.10. The van der Waals surface area contributed by atoms with Crippen LogP contribution in [0.3, 0.4) is 0 Å². The van der Waals surface area contributed by atoms with Crippen molar-refractivity contribution in [2.24, 2.45) is 4.99 Å². The number of alkyl halides is 2. The van der Waals surface area contributed by atoms with Gasteiger partial charge in [-0.05, 0) is 74.8 Å². The fourth-order valence-corrected chi connectivity index (χ4v) is 3.57. The maximum absolute atomic E-state index is 15.4. The van der Waals surface area contributed by atoms with Crippen LogP contribution in [0.25, 0.3) is 0 Å². The molecule has 1 aromatic carbocycles. The summed E-state index contributed by atoms with van der Waals surface area (Å²) in [5, 5.41) is 0. The van der Waals surface area contributed by atoms with E-state index in [1.165, 1.54) is 18.2 Å². The molecule has 1 aromatic heterocycles. The van der Waals surface area contributed by atoms with Gasteiger partial charge in [-0.25, -0.2) is 19.2 Å². The fraction of sp³-hybridized carbons (Fsp3) is 0.391. The van der Waals surface area contributed by atoms with E-state index in [4.69, 9.17) is 9.47 Å². The number of amidine groups is 1. The largest absolute Gasteiger partial charge is 0.455 e. The normalized spacial score (nSPS) is 21.8. The minimum absolute atomic E-state index is 0.0538. The van der Waals surface area contributed by atoms with Gasteiger partial charge in [0.1, 0.15) is 21.7 Å². The third kappa shape index (κ3) is 4.79. The predicted molar refractivity (Wildman–Crippen MR) is 121 cm³/mol. The highest BCUT2D eigenvalue weighted by molar-refractivity contribution is 9.10. The predicted octanol–water partition coefficient (Wildman–Crippen LogP) is 5.69. The second-order valence-electron chi connectivity index (χ2n) is 8.80. The van der Waals surface area contributed by atoms with Crippen LogP contribution in [0.15, 0.2) is 52.1 Å². The number of benzene rings is 1. The molecule has 0 spiro atoms. The first kappa shape index (κ1) is 25.7. The zero-order valence-electron chi connectivity index (χ0n) is 19.1. The van der Waals surface area contributed by atoms with Gasteiger partial charge in [0.15, 0.2) is 11.6 Å². The first-order chi connectivity index (χ1) is 15.7. The first-order valence-corrected chi connectivity index (χ1v) is 11.1. The number of carbonyl (C=O) groups excluding carboxylic acids is 2. The Bertz CT molecular complexity index is 1140. The van der Waals surface area contributed by atoms with E-state index < -0.39 is 52.7 Å². The topological polar surface area (TPSA) is 81.1 Å². The lowest BCUT2D eigenvalue weighted by Crippen LogP contribution is -2.59. The second kappa shape index (κ2) is 9.01. The lowest BCUT2D eigenvalue weighted by molar-refractivity contribution is -0.161. The summed E-state index contributed by atoms with van der Waals surface area (Å²) in [5.74, 6) is -5.72. The lowest BCUT2D eigenvalue weighted by atomic mass is 9.85. The Morgan fingerprint density at radius 1 is 1.15 bits per heavy atom. The van der Waals surface area contributed by atoms with E-state index in [1.54, 1.807) is 39.0 Å². The second-order valence-corrected chi connectivity index (χ2v) is 9.61. The van der Waals surface area contributed by atoms with Crippen LogP contribution in [-0.2, 0) is 15.0 Å². The SMILES string of the molecule is C[C@@H]1OC(N(C(=O)OC(C)(C)C)C(=O)c2ccccc2)=N[C@](C)(c2nc(Br)ccc2F)C1(F)F. The Morgan fingerprint density at radius 2 is 1.76 bits per heavy atom. The quantitative estimate of drug-likeness (QED) is 0.456. The summed E-state index contributed by atoms with van der Waals surface area (Å²) in [7, 11) is 0. The highest BCUT2D eigenvalue weighted by Crippen LogP contribution is 2.47. The van der Waals surface area contributed by atoms with Crippen molar-refractivity contribution in [3.63, 3.8) is 0 Å². The molecule has 0 fully saturated rings. The lowest BCUT2D eigenvalue weighted by Gasteiger charge is -2.42. The van der Waals surface area contributed by atoms with Gasteiger partial charge in [-0.15, -0.1) is 0 Å². The number of hydrogen-bond acceptors (Lipinski definition) is 6. The van der Waals surface area contributed by atoms with Crippen molar-refractivity contribution >= 4 is 34.0 Å². The summed E-state index contributed by atoms with van der Waals surface area (Å²) in [6.45, 7) is 6.71. The van der Waals surface area contributed by atoms with Gasteiger partial charge in [0.25, 0.3) is 5.91 Å². The van der Waals surface area contributed by atoms with Crippen molar-refractivity contribution < 1.29 is 32.2 Å². The van der Waals surface area contributed by atoms with Crippen molar-refractivity contribution in [3.8, 4) is 0 Å². The summed E-state index contributed by atoms with van der Waals surface area (Å²) >= 11 is 3.05. The van der Waals surface area contributed by atoms with Crippen LogP contribution < -0.4 is 0 Å². The van der Waals surface area contributed by atoms with Crippen molar-refractivity contribution in [2.45, 2.75) is 57.8 Å². The number of hydrogen-bond donors (Lipinski definition) is 0. The minimum atomic E-state index is -3.76. The molecule has 11 heteroatoms. The molecule has 2 aromatic rings. The number of nitrogens with zero attached hydrogens (tertiary/aromatic N) is 3. The molecular weight excluding hydrogens is 519 g/mol.